The first kappa shape index (κ1) is 19.7. The van der Waals surface area contributed by atoms with Gasteiger partial charge in [0, 0.05) is 25.6 Å². The van der Waals surface area contributed by atoms with Gasteiger partial charge in [0.05, 0.1) is 5.56 Å². The normalized spacial score (nSPS) is 14.7. The van der Waals surface area contributed by atoms with Crippen LogP contribution in [0.4, 0.5) is 0 Å². The van der Waals surface area contributed by atoms with Gasteiger partial charge in [-0.15, -0.1) is 0 Å². The molecule has 1 aromatic rings. The lowest BCUT2D eigenvalue weighted by Crippen LogP contribution is -2.44. The molecule has 0 aromatic heterocycles. The molecule has 8 nitrogen and oxygen atoms in total. The van der Waals surface area contributed by atoms with Crippen LogP contribution >= 0.6 is 0 Å². The SMILES string of the molecule is NCCCNC(=O)C1CCN(C(=O)COc2ccccc2C(N)=O)CC1. The van der Waals surface area contributed by atoms with E-state index in [4.69, 9.17) is 16.2 Å². The fourth-order valence-corrected chi connectivity index (χ4v) is 2.88. The Morgan fingerprint density at radius 1 is 1.19 bits per heavy atom. The molecule has 26 heavy (non-hydrogen) atoms. The number of benzene rings is 1. The van der Waals surface area contributed by atoms with Crippen molar-refractivity contribution in [2.24, 2.45) is 17.4 Å². The fraction of sp³-hybridized carbons (Fsp3) is 0.500. The maximum absolute atomic E-state index is 12.3. The number of hydrogen-bond acceptors (Lipinski definition) is 5. The molecule has 0 atom stereocenters. The quantitative estimate of drug-likeness (QED) is 0.555. The van der Waals surface area contributed by atoms with Crippen LogP contribution < -0.4 is 21.5 Å². The number of amides is 3. The van der Waals surface area contributed by atoms with Crippen LogP contribution in [0.25, 0.3) is 0 Å². The van der Waals surface area contributed by atoms with Gasteiger partial charge in [0.1, 0.15) is 5.75 Å². The lowest BCUT2D eigenvalue weighted by atomic mass is 9.96. The van der Waals surface area contributed by atoms with Crippen LogP contribution in [0.1, 0.15) is 29.6 Å². The average molecular weight is 362 g/mol. The van der Waals surface area contributed by atoms with E-state index in [-0.39, 0.29) is 29.9 Å². The van der Waals surface area contributed by atoms with Crippen LogP contribution in [-0.2, 0) is 9.59 Å². The van der Waals surface area contributed by atoms with Crippen molar-refractivity contribution in [3.05, 3.63) is 29.8 Å². The maximum Gasteiger partial charge on any atom is 0.260 e. The third-order valence-electron chi connectivity index (χ3n) is 4.40. The van der Waals surface area contributed by atoms with Crippen molar-refractivity contribution in [1.29, 1.82) is 0 Å². The minimum Gasteiger partial charge on any atom is -0.483 e. The number of rotatable bonds is 8. The number of para-hydroxylation sites is 1. The Kier molecular flexibility index (Phi) is 7.40. The lowest BCUT2D eigenvalue weighted by molar-refractivity contribution is -0.137. The van der Waals surface area contributed by atoms with Gasteiger partial charge in [0.15, 0.2) is 6.61 Å². The molecule has 0 spiro atoms. The van der Waals surface area contributed by atoms with Crippen molar-refractivity contribution in [3.8, 4) is 5.75 Å². The standard InChI is InChI=1S/C18H26N4O4/c19-8-3-9-21-18(25)13-6-10-22(11-7-13)16(23)12-26-15-5-2-1-4-14(15)17(20)24/h1-2,4-5,13H,3,6-12,19H2,(H2,20,24)(H,21,25). The predicted octanol–water partition coefficient (Wildman–Crippen LogP) is -0.132. The highest BCUT2D eigenvalue weighted by atomic mass is 16.5. The molecule has 1 aliphatic rings. The monoisotopic (exact) mass is 362 g/mol. The summed E-state index contributed by atoms with van der Waals surface area (Å²) in [6.45, 7) is 1.98. The number of carbonyl (C=O) groups is 3. The van der Waals surface area contributed by atoms with Crippen LogP contribution in [0.2, 0.25) is 0 Å². The van der Waals surface area contributed by atoms with Crippen molar-refractivity contribution >= 4 is 17.7 Å². The molecule has 0 bridgehead atoms. The number of nitrogens with zero attached hydrogens (tertiary/aromatic N) is 1. The molecule has 1 aliphatic heterocycles. The summed E-state index contributed by atoms with van der Waals surface area (Å²) in [5.74, 6) is -0.534. The van der Waals surface area contributed by atoms with Gasteiger partial charge in [-0.2, -0.15) is 0 Å². The summed E-state index contributed by atoms with van der Waals surface area (Å²) < 4.78 is 5.47. The number of likely N-dealkylation sites (tertiary alicyclic amines) is 1. The van der Waals surface area contributed by atoms with Crippen molar-refractivity contribution in [1.82, 2.24) is 10.2 Å². The average Bonchev–Trinajstić information content (AvgIpc) is 2.66. The number of ether oxygens (including phenoxy) is 1. The third kappa shape index (κ3) is 5.45. The summed E-state index contributed by atoms with van der Waals surface area (Å²) in [4.78, 5) is 37.4. The minimum atomic E-state index is -0.602. The van der Waals surface area contributed by atoms with Gasteiger partial charge < -0.3 is 26.4 Å². The second-order valence-corrected chi connectivity index (χ2v) is 6.24. The molecule has 1 heterocycles. The Morgan fingerprint density at radius 3 is 2.54 bits per heavy atom. The molecule has 3 amide bonds. The number of piperidine rings is 1. The number of carbonyl (C=O) groups excluding carboxylic acids is 3. The summed E-state index contributed by atoms with van der Waals surface area (Å²) >= 11 is 0. The zero-order chi connectivity index (χ0) is 18.9. The summed E-state index contributed by atoms with van der Waals surface area (Å²) in [5, 5.41) is 2.87. The van der Waals surface area contributed by atoms with Gasteiger partial charge in [-0.25, -0.2) is 0 Å². The van der Waals surface area contributed by atoms with Gasteiger partial charge in [0.2, 0.25) is 5.91 Å². The van der Waals surface area contributed by atoms with Crippen LogP contribution in [-0.4, -0.2) is 55.4 Å². The topological polar surface area (TPSA) is 128 Å². The van der Waals surface area contributed by atoms with Gasteiger partial charge >= 0.3 is 0 Å². The van der Waals surface area contributed by atoms with Crippen LogP contribution in [0.15, 0.2) is 24.3 Å². The first-order chi connectivity index (χ1) is 12.5. The second kappa shape index (κ2) is 9.76. The number of nitrogens with one attached hydrogen (secondary N) is 1. The summed E-state index contributed by atoms with van der Waals surface area (Å²) in [6, 6.07) is 6.54. The Bertz CT molecular complexity index is 642. The van der Waals surface area contributed by atoms with Crippen molar-refractivity contribution in [3.63, 3.8) is 0 Å². The highest BCUT2D eigenvalue weighted by molar-refractivity contribution is 5.95. The molecule has 8 heteroatoms. The minimum absolute atomic E-state index is 0.0252. The van der Waals surface area contributed by atoms with E-state index in [1.807, 2.05) is 0 Å². The van der Waals surface area contributed by atoms with Gasteiger partial charge in [-0.1, -0.05) is 12.1 Å². The molecule has 0 radical (unpaired) electrons. The first-order valence-corrected chi connectivity index (χ1v) is 8.80. The highest BCUT2D eigenvalue weighted by Gasteiger charge is 2.27. The Morgan fingerprint density at radius 2 is 1.88 bits per heavy atom. The van der Waals surface area contributed by atoms with Crippen LogP contribution in [0.3, 0.4) is 0 Å². The molecule has 1 saturated heterocycles. The summed E-state index contributed by atoms with van der Waals surface area (Å²) in [7, 11) is 0. The molecule has 5 N–H and O–H groups in total. The molecule has 0 unspecified atom stereocenters. The van der Waals surface area contributed by atoms with Crippen molar-refractivity contribution in [2.75, 3.05) is 32.8 Å². The van der Waals surface area contributed by atoms with Crippen molar-refractivity contribution in [2.45, 2.75) is 19.3 Å². The fourth-order valence-electron chi connectivity index (χ4n) is 2.88. The Hall–Kier alpha value is -2.61. The van der Waals surface area contributed by atoms with E-state index in [1.165, 1.54) is 0 Å². The van der Waals surface area contributed by atoms with E-state index >= 15 is 0 Å². The first-order valence-electron chi connectivity index (χ1n) is 8.80. The maximum atomic E-state index is 12.3. The summed E-state index contributed by atoms with van der Waals surface area (Å²) in [6.07, 6.45) is 2.00. The molecule has 142 valence electrons. The Labute approximate surface area is 152 Å². The van der Waals surface area contributed by atoms with E-state index in [2.05, 4.69) is 5.32 Å². The molecule has 0 saturated carbocycles. The van der Waals surface area contributed by atoms with Crippen LogP contribution in [0, 0.1) is 5.92 Å². The number of nitrogens with two attached hydrogens (primary N) is 2. The van der Waals surface area contributed by atoms with E-state index in [9.17, 15) is 14.4 Å². The molecular formula is C18H26N4O4. The molecule has 0 aliphatic carbocycles. The van der Waals surface area contributed by atoms with Gasteiger partial charge in [-0.05, 0) is 37.9 Å². The van der Waals surface area contributed by atoms with Gasteiger partial charge in [-0.3, -0.25) is 14.4 Å². The largest absolute Gasteiger partial charge is 0.483 e. The zero-order valence-corrected chi connectivity index (χ0v) is 14.8. The van der Waals surface area contributed by atoms with Gasteiger partial charge in [0.25, 0.3) is 11.8 Å². The summed E-state index contributed by atoms with van der Waals surface area (Å²) in [5.41, 5.74) is 10.9. The lowest BCUT2D eigenvalue weighted by Gasteiger charge is -2.31. The molecule has 1 aromatic carbocycles. The number of primary amides is 1. The smallest absolute Gasteiger partial charge is 0.260 e. The number of hydrogen-bond donors (Lipinski definition) is 3. The molecule has 1 fully saturated rings. The van der Waals surface area contributed by atoms with Crippen molar-refractivity contribution < 1.29 is 19.1 Å². The predicted molar refractivity (Wildman–Crippen MR) is 96.4 cm³/mol. The molecule has 2 rings (SSSR count). The zero-order valence-electron chi connectivity index (χ0n) is 14.8. The molecular weight excluding hydrogens is 336 g/mol. The van der Waals surface area contributed by atoms with E-state index < -0.39 is 5.91 Å². The van der Waals surface area contributed by atoms with E-state index in [0.29, 0.717) is 44.8 Å². The third-order valence-corrected chi connectivity index (χ3v) is 4.40. The van der Waals surface area contributed by atoms with E-state index in [0.717, 1.165) is 6.42 Å². The Balaban J connectivity index is 1.78. The van der Waals surface area contributed by atoms with E-state index in [1.54, 1.807) is 29.2 Å². The second-order valence-electron chi connectivity index (χ2n) is 6.24. The highest BCUT2D eigenvalue weighted by Crippen LogP contribution is 2.19. The van der Waals surface area contributed by atoms with Crippen LogP contribution in [0.5, 0.6) is 5.75 Å².